The lowest BCUT2D eigenvalue weighted by Crippen LogP contribution is -2.06. The molecule has 0 saturated carbocycles. The Morgan fingerprint density at radius 1 is 1.39 bits per heavy atom. The summed E-state index contributed by atoms with van der Waals surface area (Å²) >= 11 is 0. The highest BCUT2D eigenvalue weighted by Crippen LogP contribution is 2.22. The number of phenolic OH excluding ortho intramolecular Hbond substituents is 1. The molecule has 1 N–H and O–H groups in total. The van der Waals surface area contributed by atoms with Crippen molar-refractivity contribution >= 4 is 16.9 Å². The van der Waals surface area contributed by atoms with Gasteiger partial charge >= 0.3 is 11.6 Å². The molecule has 1 heterocycles. The van der Waals surface area contributed by atoms with Gasteiger partial charge in [0.2, 0.25) is 0 Å². The molecule has 5 nitrogen and oxygen atoms in total. The van der Waals surface area contributed by atoms with Crippen LogP contribution in [-0.2, 0) is 16.1 Å². The van der Waals surface area contributed by atoms with Gasteiger partial charge in [-0.3, -0.25) is 4.79 Å². The van der Waals surface area contributed by atoms with Gasteiger partial charge in [-0.1, -0.05) is 6.92 Å². The molecule has 0 aliphatic carbocycles. The molecule has 0 aliphatic rings. The van der Waals surface area contributed by atoms with Gasteiger partial charge in [-0.25, -0.2) is 4.79 Å². The first kappa shape index (κ1) is 12.2. The van der Waals surface area contributed by atoms with Gasteiger partial charge in [0.15, 0.2) is 0 Å². The van der Waals surface area contributed by atoms with Crippen LogP contribution in [0, 0.1) is 0 Å². The van der Waals surface area contributed by atoms with E-state index in [0.29, 0.717) is 10.9 Å². The molecule has 0 amide bonds. The van der Waals surface area contributed by atoms with E-state index in [1.54, 1.807) is 13.0 Å². The summed E-state index contributed by atoms with van der Waals surface area (Å²) in [7, 11) is 0. The van der Waals surface area contributed by atoms with E-state index in [9.17, 15) is 14.7 Å². The van der Waals surface area contributed by atoms with Gasteiger partial charge in [0.25, 0.3) is 0 Å². The highest BCUT2D eigenvalue weighted by molar-refractivity contribution is 5.81. The van der Waals surface area contributed by atoms with Crippen molar-refractivity contribution in [2.24, 2.45) is 0 Å². The zero-order valence-electron chi connectivity index (χ0n) is 9.80. The van der Waals surface area contributed by atoms with Crippen LogP contribution in [0.25, 0.3) is 11.0 Å². The fourth-order valence-corrected chi connectivity index (χ4v) is 1.60. The Morgan fingerprint density at radius 2 is 2.17 bits per heavy atom. The maximum absolute atomic E-state index is 11.3. The van der Waals surface area contributed by atoms with Crippen LogP contribution in [-0.4, -0.2) is 11.1 Å². The Kier molecular flexibility index (Phi) is 3.32. The van der Waals surface area contributed by atoms with Gasteiger partial charge < -0.3 is 14.3 Å². The molecule has 0 spiro atoms. The molecule has 0 bridgehead atoms. The van der Waals surface area contributed by atoms with E-state index in [1.165, 1.54) is 18.2 Å². The van der Waals surface area contributed by atoms with Crippen LogP contribution in [0.3, 0.4) is 0 Å². The van der Waals surface area contributed by atoms with E-state index in [4.69, 9.17) is 9.15 Å². The first-order valence-electron chi connectivity index (χ1n) is 5.51. The molecule has 0 unspecified atom stereocenters. The van der Waals surface area contributed by atoms with Crippen LogP contribution in [0.15, 0.2) is 33.5 Å². The molecule has 2 aromatic rings. The number of ether oxygens (including phenoxy) is 1. The van der Waals surface area contributed by atoms with Crippen molar-refractivity contribution < 1.29 is 19.1 Å². The number of fused-ring (bicyclic) bond motifs is 1. The van der Waals surface area contributed by atoms with Crippen molar-refractivity contribution in [2.45, 2.75) is 20.0 Å². The third-order valence-electron chi connectivity index (χ3n) is 2.49. The van der Waals surface area contributed by atoms with Crippen LogP contribution in [0.1, 0.15) is 18.9 Å². The second kappa shape index (κ2) is 4.91. The van der Waals surface area contributed by atoms with Gasteiger partial charge in [0.05, 0.1) is 0 Å². The third kappa shape index (κ3) is 2.51. The number of carbonyl (C=O) groups excluding carboxylic acids is 1. The predicted octanol–water partition coefficient (Wildman–Crippen LogP) is 1.95. The summed E-state index contributed by atoms with van der Waals surface area (Å²) in [5, 5.41) is 9.96. The lowest BCUT2D eigenvalue weighted by Gasteiger charge is -2.06. The SMILES string of the molecule is CCC(=O)OCc1cc(=O)oc2cc(O)ccc12. The summed E-state index contributed by atoms with van der Waals surface area (Å²) in [4.78, 5) is 22.4. The Hall–Kier alpha value is -2.30. The first-order valence-corrected chi connectivity index (χ1v) is 5.51. The minimum Gasteiger partial charge on any atom is -0.508 e. The summed E-state index contributed by atoms with van der Waals surface area (Å²) < 4.78 is 9.95. The van der Waals surface area contributed by atoms with E-state index in [0.717, 1.165) is 0 Å². The van der Waals surface area contributed by atoms with E-state index in [-0.39, 0.29) is 30.3 Å². The van der Waals surface area contributed by atoms with Gasteiger partial charge in [-0.2, -0.15) is 0 Å². The molecule has 0 radical (unpaired) electrons. The van der Waals surface area contributed by atoms with E-state index < -0.39 is 5.63 Å². The first-order chi connectivity index (χ1) is 8.60. The molecule has 2 rings (SSSR count). The van der Waals surface area contributed by atoms with E-state index in [1.807, 2.05) is 0 Å². The smallest absolute Gasteiger partial charge is 0.336 e. The second-order valence-electron chi connectivity index (χ2n) is 3.79. The summed E-state index contributed by atoms with van der Waals surface area (Å²) in [6, 6.07) is 5.72. The molecular formula is C13H12O5. The van der Waals surface area contributed by atoms with E-state index in [2.05, 4.69) is 0 Å². The Morgan fingerprint density at radius 3 is 2.89 bits per heavy atom. The van der Waals surface area contributed by atoms with E-state index >= 15 is 0 Å². The standard InChI is InChI=1S/C13H12O5/c1-2-12(15)17-7-8-5-13(16)18-11-6-9(14)3-4-10(8)11/h3-6,14H,2,7H2,1H3. The predicted molar refractivity (Wildman–Crippen MR) is 64.2 cm³/mol. The Balaban J connectivity index is 2.43. The van der Waals surface area contributed by atoms with Crippen molar-refractivity contribution in [3.05, 3.63) is 40.2 Å². The number of carbonyl (C=O) groups is 1. The van der Waals surface area contributed by atoms with Crippen molar-refractivity contribution in [3.8, 4) is 5.75 Å². The lowest BCUT2D eigenvalue weighted by atomic mass is 10.1. The molecule has 1 aromatic heterocycles. The van der Waals surface area contributed by atoms with Gasteiger partial charge in [-0.15, -0.1) is 0 Å². The number of phenols is 1. The lowest BCUT2D eigenvalue weighted by molar-refractivity contribution is -0.144. The third-order valence-corrected chi connectivity index (χ3v) is 2.49. The molecule has 0 fully saturated rings. The van der Waals surface area contributed by atoms with Gasteiger partial charge in [0.1, 0.15) is 17.9 Å². The zero-order valence-corrected chi connectivity index (χ0v) is 9.80. The second-order valence-corrected chi connectivity index (χ2v) is 3.79. The number of hydrogen-bond acceptors (Lipinski definition) is 5. The maximum atomic E-state index is 11.3. The molecule has 94 valence electrons. The number of esters is 1. The number of benzene rings is 1. The zero-order chi connectivity index (χ0) is 13.1. The number of aromatic hydroxyl groups is 1. The van der Waals surface area contributed by atoms with Crippen molar-refractivity contribution in [3.63, 3.8) is 0 Å². The quantitative estimate of drug-likeness (QED) is 0.663. The molecular weight excluding hydrogens is 236 g/mol. The van der Waals surface area contributed by atoms with Crippen LogP contribution in [0.4, 0.5) is 0 Å². The Bertz CT molecular complexity index is 641. The fourth-order valence-electron chi connectivity index (χ4n) is 1.60. The van der Waals surface area contributed by atoms with Crippen molar-refractivity contribution in [1.82, 2.24) is 0 Å². The van der Waals surface area contributed by atoms with Gasteiger partial charge in [0, 0.05) is 29.5 Å². The summed E-state index contributed by atoms with van der Waals surface area (Å²) in [6.07, 6.45) is 0.278. The minimum absolute atomic E-state index is 0.00773. The van der Waals surface area contributed by atoms with Crippen molar-refractivity contribution in [2.75, 3.05) is 0 Å². The average molecular weight is 248 g/mol. The molecule has 0 atom stereocenters. The minimum atomic E-state index is -0.546. The summed E-state index contributed by atoms with van der Waals surface area (Å²) in [6.45, 7) is 1.71. The summed E-state index contributed by atoms with van der Waals surface area (Å²) in [5.74, 6) is -0.330. The molecule has 1 aromatic carbocycles. The largest absolute Gasteiger partial charge is 0.508 e. The normalized spacial score (nSPS) is 10.5. The summed E-state index contributed by atoms with van der Waals surface area (Å²) in [5.41, 5.74) is 0.281. The van der Waals surface area contributed by atoms with Crippen LogP contribution < -0.4 is 5.63 Å². The molecule has 18 heavy (non-hydrogen) atoms. The monoisotopic (exact) mass is 248 g/mol. The van der Waals surface area contributed by atoms with Crippen LogP contribution in [0.5, 0.6) is 5.75 Å². The van der Waals surface area contributed by atoms with Crippen LogP contribution >= 0.6 is 0 Å². The van der Waals surface area contributed by atoms with Crippen molar-refractivity contribution in [1.29, 1.82) is 0 Å². The number of hydrogen-bond donors (Lipinski definition) is 1. The number of rotatable bonds is 3. The average Bonchev–Trinajstić information content (AvgIpc) is 2.34. The molecule has 0 saturated heterocycles. The Labute approximate surface area is 103 Å². The molecule has 5 heteroatoms. The maximum Gasteiger partial charge on any atom is 0.336 e. The highest BCUT2D eigenvalue weighted by Gasteiger charge is 2.08. The van der Waals surface area contributed by atoms with Gasteiger partial charge in [-0.05, 0) is 12.1 Å². The highest BCUT2D eigenvalue weighted by atomic mass is 16.5. The fraction of sp³-hybridized carbons (Fsp3) is 0.231. The molecule has 0 aliphatic heterocycles. The topological polar surface area (TPSA) is 76.7 Å². The van der Waals surface area contributed by atoms with Crippen LogP contribution in [0.2, 0.25) is 0 Å².